The Morgan fingerprint density at radius 1 is 1.33 bits per heavy atom. The highest BCUT2D eigenvalue weighted by molar-refractivity contribution is 5.39. The third-order valence-corrected chi connectivity index (χ3v) is 3.80. The van der Waals surface area contributed by atoms with Gasteiger partial charge in [-0.15, -0.1) is 0 Å². The van der Waals surface area contributed by atoms with Gasteiger partial charge in [-0.05, 0) is 37.9 Å². The van der Waals surface area contributed by atoms with E-state index in [9.17, 15) is 0 Å². The lowest BCUT2D eigenvalue weighted by Crippen LogP contribution is -2.24. The smallest absolute Gasteiger partial charge is 0.122 e. The molecule has 0 aromatic heterocycles. The van der Waals surface area contributed by atoms with Crippen molar-refractivity contribution in [3.05, 3.63) is 29.8 Å². The number of benzene rings is 1. The fourth-order valence-electron chi connectivity index (χ4n) is 2.89. The second-order valence-corrected chi connectivity index (χ2v) is 5.24. The molecule has 0 saturated carbocycles. The first-order valence-corrected chi connectivity index (χ1v) is 7.27. The Morgan fingerprint density at radius 3 is 2.94 bits per heavy atom. The summed E-state index contributed by atoms with van der Waals surface area (Å²) in [6.45, 7) is 7.53. The minimum atomic E-state index is 0.594. The molecule has 0 radical (unpaired) electrons. The Balaban J connectivity index is 1.95. The molecule has 1 aliphatic heterocycles. The summed E-state index contributed by atoms with van der Waals surface area (Å²) in [5.41, 5.74) is 1.41. The molecule has 0 aliphatic carbocycles. The molecule has 2 nitrogen and oxygen atoms in total. The van der Waals surface area contributed by atoms with E-state index in [4.69, 9.17) is 4.74 Å². The van der Waals surface area contributed by atoms with Gasteiger partial charge >= 0.3 is 0 Å². The zero-order valence-electron chi connectivity index (χ0n) is 11.6. The number of ether oxygens (including phenoxy) is 1. The number of fused-ring (bicyclic) bond motifs is 1. The van der Waals surface area contributed by atoms with Crippen molar-refractivity contribution in [2.24, 2.45) is 5.92 Å². The van der Waals surface area contributed by atoms with Gasteiger partial charge in [-0.2, -0.15) is 0 Å². The van der Waals surface area contributed by atoms with Gasteiger partial charge < -0.3 is 10.1 Å². The highest BCUT2D eigenvalue weighted by Gasteiger charge is 2.26. The van der Waals surface area contributed by atoms with Crippen LogP contribution in [0.3, 0.4) is 0 Å². The number of rotatable bonds is 7. The predicted molar refractivity (Wildman–Crippen MR) is 76.2 cm³/mol. The molecule has 2 rings (SSSR count). The molecule has 100 valence electrons. The summed E-state index contributed by atoms with van der Waals surface area (Å²) >= 11 is 0. The average Bonchev–Trinajstić information content (AvgIpc) is 2.80. The van der Waals surface area contributed by atoms with Crippen LogP contribution in [0.2, 0.25) is 0 Å². The molecule has 1 N–H and O–H groups in total. The van der Waals surface area contributed by atoms with Crippen molar-refractivity contribution in [2.75, 3.05) is 19.7 Å². The van der Waals surface area contributed by atoms with Crippen LogP contribution < -0.4 is 10.1 Å². The van der Waals surface area contributed by atoms with Crippen LogP contribution in [0.1, 0.15) is 44.6 Å². The SMILES string of the molecule is CCCC(CNCC)CC1COc2ccccc21. The van der Waals surface area contributed by atoms with Gasteiger partial charge in [0.05, 0.1) is 6.61 Å². The molecule has 1 aromatic rings. The first kappa shape index (κ1) is 13.4. The third kappa shape index (κ3) is 3.26. The van der Waals surface area contributed by atoms with E-state index in [-0.39, 0.29) is 0 Å². The van der Waals surface area contributed by atoms with E-state index in [0.29, 0.717) is 5.92 Å². The predicted octanol–water partition coefficient (Wildman–Crippen LogP) is 3.58. The van der Waals surface area contributed by atoms with E-state index < -0.39 is 0 Å². The van der Waals surface area contributed by atoms with Crippen LogP contribution in [0.15, 0.2) is 24.3 Å². The van der Waals surface area contributed by atoms with Crippen LogP contribution in [0.4, 0.5) is 0 Å². The lowest BCUT2D eigenvalue weighted by molar-refractivity contribution is 0.297. The lowest BCUT2D eigenvalue weighted by Gasteiger charge is -2.20. The van der Waals surface area contributed by atoms with Gasteiger partial charge in [0.1, 0.15) is 5.75 Å². The topological polar surface area (TPSA) is 21.3 Å². The van der Waals surface area contributed by atoms with Crippen molar-refractivity contribution in [3.63, 3.8) is 0 Å². The maximum Gasteiger partial charge on any atom is 0.122 e. The second-order valence-electron chi connectivity index (χ2n) is 5.24. The molecule has 2 heteroatoms. The van der Waals surface area contributed by atoms with Gasteiger partial charge in [0.2, 0.25) is 0 Å². The second kappa shape index (κ2) is 6.79. The zero-order valence-corrected chi connectivity index (χ0v) is 11.6. The first-order chi connectivity index (χ1) is 8.85. The van der Waals surface area contributed by atoms with Gasteiger partial charge in [-0.25, -0.2) is 0 Å². The van der Waals surface area contributed by atoms with Crippen LogP contribution in [-0.2, 0) is 0 Å². The van der Waals surface area contributed by atoms with E-state index in [2.05, 4.69) is 43.4 Å². The molecule has 1 heterocycles. The quantitative estimate of drug-likeness (QED) is 0.795. The summed E-state index contributed by atoms with van der Waals surface area (Å²) in [4.78, 5) is 0. The van der Waals surface area contributed by atoms with E-state index in [1.165, 1.54) is 24.8 Å². The lowest BCUT2D eigenvalue weighted by atomic mass is 9.88. The monoisotopic (exact) mass is 247 g/mol. The molecule has 2 atom stereocenters. The van der Waals surface area contributed by atoms with Gasteiger partial charge in [-0.3, -0.25) is 0 Å². The number of hydrogen-bond acceptors (Lipinski definition) is 2. The Kier molecular flexibility index (Phi) is 5.06. The summed E-state index contributed by atoms with van der Waals surface area (Å²) < 4.78 is 5.77. The standard InChI is InChI=1S/C16H25NO/c1-3-7-13(11-17-4-2)10-14-12-18-16-9-6-5-8-15(14)16/h5-6,8-9,13-14,17H,3-4,7,10-12H2,1-2H3. The molecule has 1 aromatic carbocycles. The van der Waals surface area contributed by atoms with Crippen LogP contribution in [0, 0.1) is 5.92 Å². The normalized spacial score (nSPS) is 19.3. The molecule has 0 spiro atoms. The van der Waals surface area contributed by atoms with Crippen molar-refractivity contribution < 1.29 is 4.74 Å². The fraction of sp³-hybridized carbons (Fsp3) is 0.625. The molecular weight excluding hydrogens is 222 g/mol. The van der Waals surface area contributed by atoms with E-state index in [0.717, 1.165) is 31.4 Å². The maximum absolute atomic E-state index is 5.77. The number of hydrogen-bond donors (Lipinski definition) is 1. The Labute approximate surface area is 111 Å². The molecule has 1 aliphatic rings. The zero-order chi connectivity index (χ0) is 12.8. The van der Waals surface area contributed by atoms with Crippen molar-refractivity contribution >= 4 is 0 Å². The van der Waals surface area contributed by atoms with Crippen LogP contribution in [-0.4, -0.2) is 19.7 Å². The minimum absolute atomic E-state index is 0.594. The summed E-state index contributed by atoms with van der Waals surface area (Å²) in [6, 6.07) is 8.50. The summed E-state index contributed by atoms with van der Waals surface area (Å²) in [7, 11) is 0. The molecule has 0 bridgehead atoms. The minimum Gasteiger partial charge on any atom is -0.493 e. The molecule has 2 unspecified atom stereocenters. The van der Waals surface area contributed by atoms with Crippen LogP contribution in [0.5, 0.6) is 5.75 Å². The summed E-state index contributed by atoms with van der Waals surface area (Å²) in [6.07, 6.45) is 3.83. The molecule has 18 heavy (non-hydrogen) atoms. The van der Waals surface area contributed by atoms with E-state index >= 15 is 0 Å². The van der Waals surface area contributed by atoms with Gasteiger partial charge in [0.15, 0.2) is 0 Å². The first-order valence-electron chi connectivity index (χ1n) is 7.27. The highest BCUT2D eigenvalue weighted by Crippen LogP contribution is 2.37. The van der Waals surface area contributed by atoms with Crippen molar-refractivity contribution in [1.29, 1.82) is 0 Å². The number of nitrogens with one attached hydrogen (secondary N) is 1. The third-order valence-electron chi connectivity index (χ3n) is 3.80. The van der Waals surface area contributed by atoms with Crippen molar-refractivity contribution in [3.8, 4) is 5.75 Å². The van der Waals surface area contributed by atoms with Crippen LogP contribution >= 0.6 is 0 Å². The fourth-order valence-corrected chi connectivity index (χ4v) is 2.89. The number of para-hydroxylation sites is 1. The molecular formula is C16H25NO. The van der Waals surface area contributed by atoms with Gasteiger partial charge in [-0.1, -0.05) is 38.5 Å². The van der Waals surface area contributed by atoms with E-state index in [1.54, 1.807) is 0 Å². The van der Waals surface area contributed by atoms with Crippen molar-refractivity contribution in [2.45, 2.75) is 39.0 Å². The summed E-state index contributed by atoms with van der Waals surface area (Å²) in [5, 5.41) is 3.49. The van der Waals surface area contributed by atoms with Crippen LogP contribution in [0.25, 0.3) is 0 Å². The van der Waals surface area contributed by atoms with Crippen molar-refractivity contribution in [1.82, 2.24) is 5.32 Å². The Morgan fingerprint density at radius 2 is 2.17 bits per heavy atom. The molecule has 0 fully saturated rings. The van der Waals surface area contributed by atoms with E-state index in [1.807, 2.05) is 0 Å². The molecule has 0 amide bonds. The Hall–Kier alpha value is -1.02. The van der Waals surface area contributed by atoms with Gasteiger partial charge in [0.25, 0.3) is 0 Å². The Bertz CT molecular complexity index is 364. The van der Waals surface area contributed by atoms with Gasteiger partial charge in [0, 0.05) is 11.5 Å². The highest BCUT2D eigenvalue weighted by atomic mass is 16.5. The largest absolute Gasteiger partial charge is 0.493 e. The maximum atomic E-state index is 5.77. The molecule has 0 saturated heterocycles. The summed E-state index contributed by atoms with van der Waals surface area (Å²) in [5.74, 6) is 2.47. The average molecular weight is 247 g/mol.